The van der Waals surface area contributed by atoms with Gasteiger partial charge in [0.15, 0.2) is 5.79 Å². The molecular weight excluding hydrogens is 222 g/mol. The predicted octanol–water partition coefficient (Wildman–Crippen LogP) is 0.448. The Bertz CT molecular complexity index is 343. The standard InChI is InChI=1S/C11H17N3O3/c1-5-15-6-2-10(1)11(16-7-8-17-11)9-14-12-3-4-13-14/h3-4,10H,1-2,5-9H2. The molecule has 0 atom stereocenters. The maximum Gasteiger partial charge on any atom is 0.192 e. The molecule has 0 amide bonds. The zero-order valence-corrected chi connectivity index (χ0v) is 9.75. The summed E-state index contributed by atoms with van der Waals surface area (Å²) in [5, 5.41) is 8.27. The highest BCUT2D eigenvalue weighted by Gasteiger charge is 2.45. The Morgan fingerprint density at radius 3 is 2.35 bits per heavy atom. The zero-order chi connectivity index (χ0) is 11.6. The van der Waals surface area contributed by atoms with Crippen LogP contribution in [0, 0.1) is 5.92 Å². The second-order valence-electron chi connectivity index (χ2n) is 4.45. The molecule has 3 heterocycles. The largest absolute Gasteiger partial charge is 0.381 e. The third kappa shape index (κ3) is 2.20. The van der Waals surface area contributed by atoms with Gasteiger partial charge in [-0.05, 0) is 12.8 Å². The van der Waals surface area contributed by atoms with Crippen molar-refractivity contribution in [2.45, 2.75) is 25.2 Å². The third-order valence-corrected chi connectivity index (χ3v) is 3.45. The molecule has 0 unspecified atom stereocenters. The molecule has 94 valence electrons. The van der Waals surface area contributed by atoms with E-state index in [4.69, 9.17) is 14.2 Å². The summed E-state index contributed by atoms with van der Waals surface area (Å²) in [7, 11) is 0. The van der Waals surface area contributed by atoms with E-state index in [-0.39, 0.29) is 0 Å². The molecular formula is C11H17N3O3. The van der Waals surface area contributed by atoms with Gasteiger partial charge in [0.05, 0.1) is 25.6 Å². The lowest BCUT2D eigenvalue weighted by molar-refractivity contribution is -0.221. The van der Waals surface area contributed by atoms with Crippen LogP contribution in [0.5, 0.6) is 0 Å². The third-order valence-electron chi connectivity index (χ3n) is 3.45. The van der Waals surface area contributed by atoms with E-state index >= 15 is 0 Å². The Morgan fingerprint density at radius 1 is 1.06 bits per heavy atom. The van der Waals surface area contributed by atoms with E-state index in [0.29, 0.717) is 25.7 Å². The summed E-state index contributed by atoms with van der Waals surface area (Å²) in [4.78, 5) is 1.64. The molecule has 0 spiro atoms. The second kappa shape index (κ2) is 4.72. The van der Waals surface area contributed by atoms with Crippen molar-refractivity contribution in [1.29, 1.82) is 0 Å². The van der Waals surface area contributed by atoms with E-state index in [2.05, 4.69) is 10.2 Å². The fourth-order valence-electron chi connectivity index (χ4n) is 2.59. The molecule has 2 fully saturated rings. The zero-order valence-electron chi connectivity index (χ0n) is 9.75. The van der Waals surface area contributed by atoms with Crippen LogP contribution in [-0.4, -0.2) is 47.2 Å². The minimum absolute atomic E-state index is 0.366. The summed E-state index contributed by atoms with van der Waals surface area (Å²) in [6, 6.07) is 0. The molecule has 0 saturated carbocycles. The van der Waals surface area contributed by atoms with Crippen molar-refractivity contribution in [2.75, 3.05) is 26.4 Å². The highest BCUT2D eigenvalue weighted by Crippen LogP contribution is 2.35. The van der Waals surface area contributed by atoms with Crippen molar-refractivity contribution in [3.05, 3.63) is 12.4 Å². The minimum Gasteiger partial charge on any atom is -0.381 e. The van der Waals surface area contributed by atoms with Crippen molar-refractivity contribution in [2.24, 2.45) is 5.92 Å². The van der Waals surface area contributed by atoms with E-state index in [9.17, 15) is 0 Å². The Balaban J connectivity index is 1.77. The SMILES string of the molecule is c1cnn(CC2(C3CCOCC3)OCCO2)n1. The number of rotatable bonds is 3. The maximum absolute atomic E-state index is 5.87. The number of hydrogen-bond donors (Lipinski definition) is 0. The molecule has 0 aromatic carbocycles. The van der Waals surface area contributed by atoms with Crippen molar-refractivity contribution in [3.63, 3.8) is 0 Å². The van der Waals surface area contributed by atoms with Crippen LogP contribution in [0.2, 0.25) is 0 Å². The van der Waals surface area contributed by atoms with Gasteiger partial charge < -0.3 is 14.2 Å². The number of hydrogen-bond acceptors (Lipinski definition) is 5. The smallest absolute Gasteiger partial charge is 0.192 e. The number of ether oxygens (including phenoxy) is 3. The number of nitrogens with zero attached hydrogens (tertiary/aromatic N) is 3. The fraction of sp³-hybridized carbons (Fsp3) is 0.818. The summed E-state index contributed by atoms with van der Waals surface area (Å²) in [6.45, 7) is 3.43. The lowest BCUT2D eigenvalue weighted by Gasteiger charge is -2.37. The first-order chi connectivity index (χ1) is 8.39. The van der Waals surface area contributed by atoms with Gasteiger partial charge in [-0.15, -0.1) is 0 Å². The van der Waals surface area contributed by atoms with Gasteiger partial charge >= 0.3 is 0 Å². The Kier molecular flexibility index (Phi) is 3.09. The van der Waals surface area contributed by atoms with Crippen molar-refractivity contribution in [3.8, 4) is 0 Å². The molecule has 2 aliphatic heterocycles. The molecule has 1 aromatic rings. The topological polar surface area (TPSA) is 58.4 Å². The minimum atomic E-state index is -0.553. The molecule has 0 radical (unpaired) electrons. The molecule has 17 heavy (non-hydrogen) atoms. The Labute approximate surface area is 99.8 Å². The van der Waals surface area contributed by atoms with Crippen LogP contribution in [0.1, 0.15) is 12.8 Å². The molecule has 2 saturated heterocycles. The van der Waals surface area contributed by atoms with Gasteiger partial charge in [0.25, 0.3) is 0 Å². The molecule has 3 rings (SSSR count). The lowest BCUT2D eigenvalue weighted by atomic mass is 9.90. The molecule has 1 aromatic heterocycles. The molecule has 6 nitrogen and oxygen atoms in total. The van der Waals surface area contributed by atoms with Gasteiger partial charge in [-0.25, -0.2) is 0 Å². The van der Waals surface area contributed by atoms with Gasteiger partial charge in [-0.3, -0.25) is 0 Å². The van der Waals surface area contributed by atoms with Gasteiger partial charge in [-0.2, -0.15) is 15.0 Å². The van der Waals surface area contributed by atoms with Gasteiger partial charge in [-0.1, -0.05) is 0 Å². The maximum atomic E-state index is 5.87. The summed E-state index contributed by atoms with van der Waals surface area (Å²) in [5.41, 5.74) is 0. The molecule has 0 N–H and O–H groups in total. The van der Waals surface area contributed by atoms with Gasteiger partial charge in [0, 0.05) is 19.1 Å². The van der Waals surface area contributed by atoms with Crippen molar-refractivity contribution >= 4 is 0 Å². The van der Waals surface area contributed by atoms with Crippen LogP contribution in [0.15, 0.2) is 12.4 Å². The van der Waals surface area contributed by atoms with E-state index in [0.717, 1.165) is 26.1 Å². The first-order valence-electron chi connectivity index (χ1n) is 6.09. The Morgan fingerprint density at radius 2 is 1.71 bits per heavy atom. The molecule has 0 aliphatic carbocycles. The van der Waals surface area contributed by atoms with Crippen LogP contribution in [0.25, 0.3) is 0 Å². The van der Waals surface area contributed by atoms with E-state index < -0.39 is 5.79 Å². The molecule has 6 heteroatoms. The average molecular weight is 239 g/mol. The van der Waals surface area contributed by atoms with Crippen LogP contribution in [-0.2, 0) is 20.8 Å². The highest BCUT2D eigenvalue weighted by atomic mass is 16.7. The monoisotopic (exact) mass is 239 g/mol. The quantitative estimate of drug-likeness (QED) is 0.766. The highest BCUT2D eigenvalue weighted by molar-refractivity contribution is 4.84. The first-order valence-corrected chi connectivity index (χ1v) is 6.09. The van der Waals surface area contributed by atoms with Crippen LogP contribution >= 0.6 is 0 Å². The van der Waals surface area contributed by atoms with E-state index in [1.807, 2.05) is 0 Å². The lowest BCUT2D eigenvalue weighted by Crippen LogP contribution is -2.46. The van der Waals surface area contributed by atoms with Gasteiger partial charge in [0.2, 0.25) is 0 Å². The van der Waals surface area contributed by atoms with Crippen molar-refractivity contribution in [1.82, 2.24) is 15.0 Å². The summed E-state index contributed by atoms with van der Waals surface area (Å²) < 4.78 is 17.1. The van der Waals surface area contributed by atoms with E-state index in [1.165, 1.54) is 0 Å². The van der Waals surface area contributed by atoms with E-state index in [1.54, 1.807) is 17.2 Å². The normalized spacial score (nSPS) is 25.2. The average Bonchev–Trinajstić information content (AvgIpc) is 3.03. The fourth-order valence-corrected chi connectivity index (χ4v) is 2.59. The summed E-state index contributed by atoms with van der Waals surface area (Å²) in [5.74, 6) is -0.187. The predicted molar refractivity (Wildman–Crippen MR) is 58.2 cm³/mol. The molecule has 2 aliphatic rings. The van der Waals surface area contributed by atoms with Crippen LogP contribution < -0.4 is 0 Å². The van der Waals surface area contributed by atoms with Crippen LogP contribution in [0.3, 0.4) is 0 Å². The summed E-state index contributed by atoms with van der Waals surface area (Å²) in [6.07, 6.45) is 5.29. The molecule has 0 bridgehead atoms. The van der Waals surface area contributed by atoms with Gasteiger partial charge in [0.1, 0.15) is 6.54 Å². The Hall–Kier alpha value is -0.980. The second-order valence-corrected chi connectivity index (χ2v) is 4.45. The summed E-state index contributed by atoms with van der Waals surface area (Å²) >= 11 is 0. The first kappa shape index (κ1) is 11.1. The van der Waals surface area contributed by atoms with Crippen molar-refractivity contribution < 1.29 is 14.2 Å². The number of aromatic nitrogens is 3. The van der Waals surface area contributed by atoms with Crippen LogP contribution in [0.4, 0.5) is 0 Å².